The summed E-state index contributed by atoms with van der Waals surface area (Å²) in [6, 6.07) is 17.2. The molecule has 2 heterocycles. The van der Waals surface area contributed by atoms with E-state index in [1.807, 2.05) is 36.4 Å². The lowest BCUT2D eigenvalue weighted by atomic mass is 10.1. The Morgan fingerprint density at radius 3 is 2.79 bits per heavy atom. The molecule has 0 saturated heterocycles. The van der Waals surface area contributed by atoms with E-state index in [1.54, 1.807) is 24.4 Å². The zero-order valence-electron chi connectivity index (χ0n) is 15.3. The highest BCUT2D eigenvalue weighted by molar-refractivity contribution is 5.82. The molecule has 0 aliphatic rings. The molecule has 0 saturated carbocycles. The largest absolute Gasteiger partial charge is 0.356 e. The number of H-pyrrole nitrogens is 1. The average molecular weight is 372 g/mol. The molecule has 140 valence electrons. The summed E-state index contributed by atoms with van der Waals surface area (Å²) >= 11 is 0. The number of carbonyl (C=O) groups excluding carboxylic acids is 1. The zero-order chi connectivity index (χ0) is 19.3. The molecule has 4 aromatic rings. The van der Waals surface area contributed by atoms with E-state index in [0.29, 0.717) is 36.1 Å². The van der Waals surface area contributed by atoms with E-state index in [4.69, 9.17) is 0 Å². The van der Waals surface area contributed by atoms with Crippen molar-refractivity contribution in [3.05, 3.63) is 82.5 Å². The fourth-order valence-corrected chi connectivity index (χ4v) is 3.28. The smallest absolute Gasteiger partial charge is 0.258 e. The molecule has 2 aromatic carbocycles. The standard InChI is InChI=1S/C22H20N4O2/c27-20(11-10-19-25-18-9-2-1-8-17(18)22(28)26-19)23-14-12-16-6-3-5-15-7-4-13-24-21(15)16/h1-9,13H,10-12,14H2,(H,23,27)(H,25,26,28). The lowest BCUT2D eigenvalue weighted by molar-refractivity contribution is -0.121. The van der Waals surface area contributed by atoms with Crippen LogP contribution in [-0.2, 0) is 17.6 Å². The Labute approximate surface area is 161 Å². The van der Waals surface area contributed by atoms with Crippen molar-refractivity contribution in [2.75, 3.05) is 6.54 Å². The van der Waals surface area contributed by atoms with Gasteiger partial charge in [-0.1, -0.05) is 36.4 Å². The first-order valence-electron chi connectivity index (χ1n) is 9.28. The minimum absolute atomic E-state index is 0.0657. The van der Waals surface area contributed by atoms with Crippen molar-refractivity contribution < 1.29 is 4.79 Å². The molecule has 0 spiro atoms. The summed E-state index contributed by atoms with van der Waals surface area (Å²) in [7, 11) is 0. The molecule has 6 nitrogen and oxygen atoms in total. The van der Waals surface area contributed by atoms with E-state index >= 15 is 0 Å². The number of aryl methyl sites for hydroxylation is 1. The van der Waals surface area contributed by atoms with Gasteiger partial charge in [0.2, 0.25) is 5.91 Å². The van der Waals surface area contributed by atoms with E-state index in [2.05, 4.69) is 20.3 Å². The highest BCUT2D eigenvalue weighted by Gasteiger charge is 2.07. The van der Waals surface area contributed by atoms with Crippen LogP contribution in [0.15, 0.2) is 65.6 Å². The second-order valence-electron chi connectivity index (χ2n) is 6.62. The SMILES string of the molecule is O=C(CCc1nc2ccccc2c(=O)[nH]1)NCCc1cccc2cccnc12. The normalized spacial score (nSPS) is 11.0. The van der Waals surface area contributed by atoms with Crippen molar-refractivity contribution in [1.29, 1.82) is 0 Å². The number of para-hydroxylation sites is 2. The zero-order valence-corrected chi connectivity index (χ0v) is 15.3. The third kappa shape index (κ3) is 3.91. The molecule has 28 heavy (non-hydrogen) atoms. The van der Waals surface area contributed by atoms with Crippen molar-refractivity contribution in [3.63, 3.8) is 0 Å². The van der Waals surface area contributed by atoms with E-state index in [1.165, 1.54) is 0 Å². The van der Waals surface area contributed by atoms with Crippen LogP contribution >= 0.6 is 0 Å². The molecule has 0 fully saturated rings. The van der Waals surface area contributed by atoms with Gasteiger partial charge in [0.05, 0.1) is 16.4 Å². The molecule has 2 N–H and O–H groups in total. The number of hydrogen-bond acceptors (Lipinski definition) is 4. The van der Waals surface area contributed by atoms with Crippen LogP contribution in [0.4, 0.5) is 0 Å². The van der Waals surface area contributed by atoms with Crippen molar-refractivity contribution in [2.45, 2.75) is 19.3 Å². The summed E-state index contributed by atoms with van der Waals surface area (Å²) in [5.41, 5.74) is 2.55. The van der Waals surface area contributed by atoms with E-state index in [-0.39, 0.29) is 17.9 Å². The molecule has 1 amide bonds. The maximum absolute atomic E-state index is 12.2. The first kappa shape index (κ1) is 17.9. The van der Waals surface area contributed by atoms with Gasteiger partial charge < -0.3 is 10.3 Å². The van der Waals surface area contributed by atoms with Crippen molar-refractivity contribution in [1.82, 2.24) is 20.3 Å². The Bertz CT molecular complexity index is 1190. The van der Waals surface area contributed by atoms with Gasteiger partial charge >= 0.3 is 0 Å². The van der Waals surface area contributed by atoms with Gasteiger partial charge in [0, 0.05) is 31.0 Å². The van der Waals surface area contributed by atoms with Crippen LogP contribution < -0.4 is 10.9 Å². The second-order valence-corrected chi connectivity index (χ2v) is 6.62. The number of nitrogens with one attached hydrogen (secondary N) is 2. The maximum atomic E-state index is 12.2. The summed E-state index contributed by atoms with van der Waals surface area (Å²) in [6.07, 6.45) is 3.16. The average Bonchev–Trinajstić information content (AvgIpc) is 2.72. The predicted octanol–water partition coefficient (Wildman–Crippen LogP) is 2.76. The van der Waals surface area contributed by atoms with E-state index in [0.717, 1.165) is 16.5 Å². The van der Waals surface area contributed by atoms with Crippen molar-refractivity contribution >= 4 is 27.7 Å². The lowest BCUT2D eigenvalue weighted by Gasteiger charge is -2.08. The van der Waals surface area contributed by atoms with Crippen LogP contribution in [0.5, 0.6) is 0 Å². The van der Waals surface area contributed by atoms with Crippen LogP contribution in [0.2, 0.25) is 0 Å². The molecule has 0 radical (unpaired) electrons. The van der Waals surface area contributed by atoms with Crippen LogP contribution in [0.3, 0.4) is 0 Å². The van der Waals surface area contributed by atoms with Gasteiger partial charge in [-0.05, 0) is 30.2 Å². The molecular weight excluding hydrogens is 352 g/mol. The fourth-order valence-electron chi connectivity index (χ4n) is 3.28. The minimum atomic E-state index is -0.176. The highest BCUT2D eigenvalue weighted by Crippen LogP contribution is 2.16. The Morgan fingerprint density at radius 1 is 1.00 bits per heavy atom. The maximum Gasteiger partial charge on any atom is 0.258 e. The van der Waals surface area contributed by atoms with Crippen LogP contribution in [0.25, 0.3) is 21.8 Å². The summed E-state index contributed by atoms with van der Waals surface area (Å²) in [6.45, 7) is 0.538. The second kappa shape index (κ2) is 8.00. The fraction of sp³-hybridized carbons (Fsp3) is 0.182. The summed E-state index contributed by atoms with van der Waals surface area (Å²) in [5.74, 6) is 0.459. The molecule has 4 rings (SSSR count). The van der Waals surface area contributed by atoms with Gasteiger partial charge in [-0.3, -0.25) is 14.6 Å². The number of aromatic amines is 1. The summed E-state index contributed by atoms with van der Waals surface area (Å²) < 4.78 is 0. The summed E-state index contributed by atoms with van der Waals surface area (Å²) in [5, 5.41) is 4.58. The Balaban J connectivity index is 1.33. The number of aromatic nitrogens is 3. The molecule has 0 aliphatic heterocycles. The van der Waals surface area contributed by atoms with Crippen molar-refractivity contribution in [2.24, 2.45) is 0 Å². The first-order chi connectivity index (χ1) is 13.7. The molecule has 2 aromatic heterocycles. The van der Waals surface area contributed by atoms with Gasteiger partial charge in [0.15, 0.2) is 0 Å². The number of rotatable bonds is 6. The van der Waals surface area contributed by atoms with Crippen LogP contribution in [0, 0.1) is 0 Å². The summed E-state index contributed by atoms with van der Waals surface area (Å²) in [4.78, 5) is 35.9. The van der Waals surface area contributed by atoms with E-state index in [9.17, 15) is 9.59 Å². The Kier molecular flexibility index (Phi) is 5.10. The third-order valence-electron chi connectivity index (χ3n) is 4.68. The van der Waals surface area contributed by atoms with Gasteiger partial charge in [0.1, 0.15) is 5.82 Å². The molecule has 0 aliphatic carbocycles. The molecular formula is C22H20N4O2. The lowest BCUT2D eigenvalue weighted by Crippen LogP contribution is -2.26. The topological polar surface area (TPSA) is 87.7 Å². The Hall–Kier alpha value is -3.54. The number of nitrogens with zero attached hydrogens (tertiary/aromatic N) is 2. The number of amides is 1. The van der Waals surface area contributed by atoms with Crippen LogP contribution in [-0.4, -0.2) is 27.4 Å². The minimum Gasteiger partial charge on any atom is -0.356 e. The number of carbonyl (C=O) groups is 1. The number of hydrogen-bond donors (Lipinski definition) is 2. The van der Waals surface area contributed by atoms with Gasteiger partial charge in [-0.15, -0.1) is 0 Å². The monoisotopic (exact) mass is 372 g/mol. The van der Waals surface area contributed by atoms with Crippen LogP contribution in [0.1, 0.15) is 17.8 Å². The number of benzene rings is 2. The Morgan fingerprint density at radius 2 is 1.86 bits per heavy atom. The number of fused-ring (bicyclic) bond motifs is 2. The number of pyridine rings is 1. The molecule has 0 atom stereocenters. The molecule has 0 bridgehead atoms. The third-order valence-corrected chi connectivity index (χ3v) is 4.68. The predicted molar refractivity (Wildman–Crippen MR) is 109 cm³/mol. The quantitative estimate of drug-likeness (QED) is 0.545. The molecule has 6 heteroatoms. The highest BCUT2D eigenvalue weighted by atomic mass is 16.1. The van der Waals surface area contributed by atoms with Gasteiger partial charge in [-0.25, -0.2) is 4.98 Å². The van der Waals surface area contributed by atoms with Crippen molar-refractivity contribution in [3.8, 4) is 0 Å². The van der Waals surface area contributed by atoms with Gasteiger partial charge in [-0.2, -0.15) is 0 Å². The molecule has 0 unspecified atom stereocenters. The van der Waals surface area contributed by atoms with Gasteiger partial charge in [0.25, 0.3) is 5.56 Å². The first-order valence-corrected chi connectivity index (χ1v) is 9.28. The van der Waals surface area contributed by atoms with E-state index < -0.39 is 0 Å².